The minimum Gasteiger partial charge on any atom is -0.471 e. The summed E-state index contributed by atoms with van der Waals surface area (Å²) < 4.78 is 29.8. The lowest BCUT2D eigenvalue weighted by Gasteiger charge is -2.35. The van der Waals surface area contributed by atoms with Crippen molar-refractivity contribution in [2.24, 2.45) is 4.99 Å². The predicted molar refractivity (Wildman–Crippen MR) is 233 cm³/mol. The first-order chi connectivity index (χ1) is 27.5. The summed E-state index contributed by atoms with van der Waals surface area (Å²) in [6, 6.07) is 35.5. The van der Waals surface area contributed by atoms with Gasteiger partial charge in [0.05, 0.1) is 16.6 Å². The molecule has 0 saturated carbocycles. The van der Waals surface area contributed by atoms with E-state index in [0.29, 0.717) is 5.90 Å². The number of aromatic nitrogens is 3. The highest BCUT2D eigenvalue weighted by atomic mass is 16.5. The number of aliphatic imine (C=N–C) groups is 1. The molecular formula is C51H50N4O. The Morgan fingerprint density at radius 2 is 1.57 bits per heavy atom. The maximum atomic E-state index is 9.16. The van der Waals surface area contributed by atoms with Crippen LogP contribution in [0.1, 0.15) is 101 Å². The molecule has 0 N–H and O–H groups in total. The SMILES string of the molecule is [2H]C1([2H])C[C@@H]2OC(c3cc(C(C)C)cc(-n4c5ccc(C)cc5c5ccc(-n6c7ccc(C(C)(C)C)cc7c7cccnc76)cc54)c3)=N[C@]2(C)c2ccc(C)c(C)c21. The van der Waals surface area contributed by atoms with Crippen LogP contribution in [0.25, 0.3) is 55.1 Å². The Morgan fingerprint density at radius 3 is 2.38 bits per heavy atom. The Labute approximate surface area is 332 Å². The Hall–Kier alpha value is -5.68. The third kappa shape index (κ3) is 5.12. The molecule has 0 saturated heterocycles. The second-order valence-corrected chi connectivity index (χ2v) is 17.7. The maximum absolute atomic E-state index is 9.16. The molecule has 0 unspecified atom stereocenters. The van der Waals surface area contributed by atoms with Crippen LogP contribution in [0.4, 0.5) is 0 Å². The van der Waals surface area contributed by atoms with Gasteiger partial charge in [0.2, 0.25) is 5.90 Å². The lowest BCUT2D eigenvalue weighted by molar-refractivity contribution is 0.126. The van der Waals surface area contributed by atoms with Crippen molar-refractivity contribution in [3.05, 3.63) is 148 Å². The highest BCUT2D eigenvalue weighted by molar-refractivity contribution is 6.12. The quantitative estimate of drug-likeness (QED) is 0.181. The molecule has 10 rings (SSSR count). The summed E-state index contributed by atoms with van der Waals surface area (Å²) in [7, 11) is 0. The number of nitrogens with zero attached hydrogens (tertiary/aromatic N) is 4. The van der Waals surface area contributed by atoms with Gasteiger partial charge in [-0.2, -0.15) is 0 Å². The molecule has 0 fully saturated rings. The average Bonchev–Trinajstić information content (AvgIpc) is 3.81. The number of rotatable bonds is 4. The first-order valence-corrected chi connectivity index (χ1v) is 20.0. The minimum atomic E-state index is -1.52. The molecule has 56 heavy (non-hydrogen) atoms. The third-order valence-electron chi connectivity index (χ3n) is 12.6. The Balaban J connectivity index is 1.19. The topological polar surface area (TPSA) is 44.3 Å². The molecule has 0 bridgehead atoms. The van der Waals surface area contributed by atoms with E-state index in [1.165, 1.54) is 32.8 Å². The van der Waals surface area contributed by atoms with Crippen LogP contribution < -0.4 is 0 Å². The normalized spacial score (nSPS) is 19.7. The molecule has 5 heteroatoms. The first-order valence-electron chi connectivity index (χ1n) is 21.0. The molecule has 5 aromatic carbocycles. The van der Waals surface area contributed by atoms with Crippen molar-refractivity contribution in [3.63, 3.8) is 0 Å². The van der Waals surface area contributed by atoms with Crippen LogP contribution in [0.5, 0.6) is 0 Å². The van der Waals surface area contributed by atoms with Crippen molar-refractivity contribution in [2.45, 2.75) is 98.1 Å². The van der Waals surface area contributed by atoms with Gasteiger partial charge < -0.3 is 9.30 Å². The zero-order valence-electron chi connectivity index (χ0n) is 35.9. The van der Waals surface area contributed by atoms with E-state index in [4.69, 9.17) is 17.5 Å². The summed E-state index contributed by atoms with van der Waals surface area (Å²) in [4.78, 5) is 10.3. The zero-order valence-corrected chi connectivity index (χ0v) is 33.9. The van der Waals surface area contributed by atoms with E-state index >= 15 is 0 Å². The molecule has 4 heterocycles. The lowest BCUT2D eigenvalue weighted by atomic mass is 9.74. The summed E-state index contributed by atoms with van der Waals surface area (Å²) >= 11 is 0. The number of pyridine rings is 1. The molecule has 8 aromatic rings. The van der Waals surface area contributed by atoms with E-state index in [1.54, 1.807) is 0 Å². The van der Waals surface area contributed by atoms with Crippen molar-refractivity contribution in [1.29, 1.82) is 0 Å². The van der Waals surface area contributed by atoms with Gasteiger partial charge in [0, 0.05) is 47.4 Å². The fraction of sp³-hybridized carbons (Fsp3) is 0.294. The van der Waals surface area contributed by atoms with Gasteiger partial charge in [0.25, 0.3) is 0 Å². The van der Waals surface area contributed by atoms with Crippen LogP contribution in [0.3, 0.4) is 0 Å². The van der Waals surface area contributed by atoms with E-state index < -0.39 is 18.0 Å². The van der Waals surface area contributed by atoms with Gasteiger partial charge in [-0.3, -0.25) is 4.57 Å². The molecular weight excluding hydrogens is 685 g/mol. The van der Waals surface area contributed by atoms with Crippen molar-refractivity contribution >= 4 is 49.6 Å². The summed E-state index contributed by atoms with van der Waals surface area (Å²) in [5.41, 5.74) is 14.1. The highest BCUT2D eigenvalue weighted by Gasteiger charge is 2.47. The van der Waals surface area contributed by atoms with Crippen LogP contribution in [0.2, 0.25) is 0 Å². The van der Waals surface area contributed by atoms with E-state index in [1.807, 2.05) is 19.2 Å². The van der Waals surface area contributed by atoms with Crippen LogP contribution >= 0.6 is 0 Å². The van der Waals surface area contributed by atoms with Crippen LogP contribution in [0.15, 0.2) is 108 Å². The van der Waals surface area contributed by atoms with Gasteiger partial charge in [-0.15, -0.1) is 0 Å². The van der Waals surface area contributed by atoms with Crippen molar-refractivity contribution < 1.29 is 7.48 Å². The number of aryl methyl sites for hydroxylation is 2. The zero-order chi connectivity index (χ0) is 40.6. The van der Waals surface area contributed by atoms with Gasteiger partial charge in [-0.25, -0.2) is 9.98 Å². The molecule has 2 atom stereocenters. The number of ether oxygens (including phenoxy) is 1. The molecule has 1 aliphatic carbocycles. The molecule has 280 valence electrons. The van der Waals surface area contributed by atoms with Gasteiger partial charge in [0.1, 0.15) is 17.3 Å². The Kier molecular flexibility index (Phi) is 7.07. The number of hydrogen-bond acceptors (Lipinski definition) is 3. The molecule has 0 amide bonds. The standard InChI is InChI=1S/C51H50N4O/c1-29(2)33-24-34(49-53-51(9)43-18-13-31(4)32(5)38(43)17-21-47(51)56-49)26-37(25-33)54-44-19-12-30(3)23-41(44)39-16-15-36(28-46(39)54)55-45-20-14-35(50(6,7)8)27-42(45)40-11-10-22-52-48(40)55/h10-16,18-20,22-29,47H,17,21H2,1-9H3/t47-,51+/m0/s1/i17D2. The van der Waals surface area contributed by atoms with Gasteiger partial charge in [-0.1, -0.05) is 70.5 Å². The van der Waals surface area contributed by atoms with E-state index in [2.05, 4.69) is 156 Å². The maximum Gasteiger partial charge on any atom is 0.217 e. The minimum absolute atomic E-state index is 0.0213. The Bertz CT molecular complexity index is 3070. The van der Waals surface area contributed by atoms with E-state index in [0.717, 1.165) is 66.8 Å². The number of hydrogen-bond donors (Lipinski definition) is 0. The van der Waals surface area contributed by atoms with Crippen LogP contribution in [0, 0.1) is 20.8 Å². The summed E-state index contributed by atoms with van der Waals surface area (Å²) in [5, 5.41) is 4.72. The first kappa shape index (κ1) is 32.6. The fourth-order valence-electron chi connectivity index (χ4n) is 9.16. The molecule has 1 aliphatic heterocycles. The van der Waals surface area contributed by atoms with Gasteiger partial charge >= 0.3 is 0 Å². The second kappa shape index (κ2) is 12.2. The van der Waals surface area contributed by atoms with E-state index in [-0.39, 0.29) is 17.8 Å². The van der Waals surface area contributed by atoms with Gasteiger partial charge in [0.15, 0.2) is 0 Å². The molecule has 0 radical (unpaired) electrons. The summed E-state index contributed by atoms with van der Waals surface area (Å²) in [6.45, 7) is 19.6. The van der Waals surface area contributed by atoms with Gasteiger partial charge in [-0.05, 0) is 152 Å². The molecule has 0 spiro atoms. The fourth-order valence-corrected chi connectivity index (χ4v) is 9.16. The number of fused-ring (bicyclic) bond motifs is 9. The third-order valence-corrected chi connectivity index (χ3v) is 12.6. The smallest absolute Gasteiger partial charge is 0.217 e. The number of benzene rings is 5. The largest absolute Gasteiger partial charge is 0.471 e. The molecule has 3 aromatic heterocycles. The van der Waals surface area contributed by atoms with Crippen molar-refractivity contribution in [3.8, 4) is 11.4 Å². The summed E-state index contributed by atoms with van der Waals surface area (Å²) in [6.07, 6.45) is 0.190. The van der Waals surface area contributed by atoms with Crippen molar-refractivity contribution in [2.75, 3.05) is 0 Å². The van der Waals surface area contributed by atoms with Crippen LogP contribution in [-0.4, -0.2) is 26.1 Å². The highest BCUT2D eigenvalue weighted by Crippen LogP contribution is 2.46. The van der Waals surface area contributed by atoms with E-state index in [9.17, 15) is 0 Å². The summed E-state index contributed by atoms with van der Waals surface area (Å²) in [5.74, 6) is 0.813. The lowest BCUT2D eigenvalue weighted by Crippen LogP contribution is -2.37. The monoisotopic (exact) mass is 736 g/mol. The van der Waals surface area contributed by atoms with Crippen molar-refractivity contribution in [1.82, 2.24) is 14.1 Å². The second-order valence-electron chi connectivity index (χ2n) is 17.7. The predicted octanol–water partition coefficient (Wildman–Crippen LogP) is 12.6. The molecule has 2 aliphatic rings. The molecule has 5 nitrogen and oxygen atoms in total. The average molecular weight is 737 g/mol. The van der Waals surface area contributed by atoms with Crippen LogP contribution in [-0.2, 0) is 22.1 Å². The Morgan fingerprint density at radius 1 is 0.786 bits per heavy atom.